The van der Waals surface area contributed by atoms with Gasteiger partial charge < -0.3 is 0 Å². The molecule has 2 fully saturated rings. The number of hydrogen-bond acceptors (Lipinski definition) is 2. The fourth-order valence-corrected chi connectivity index (χ4v) is 2.87. The second-order valence-corrected chi connectivity index (χ2v) is 4.30. The number of nitriles is 1. The van der Waals surface area contributed by atoms with Gasteiger partial charge in [-0.3, -0.25) is 4.90 Å². The molecule has 0 radical (unpaired) electrons. The second-order valence-electron chi connectivity index (χ2n) is 4.30. The summed E-state index contributed by atoms with van der Waals surface area (Å²) in [5, 5.41) is 9.24. The van der Waals surface area contributed by atoms with Crippen LogP contribution in [-0.2, 0) is 0 Å². The molecule has 1 aliphatic heterocycles. The Labute approximate surface area is 79.8 Å². The molecule has 1 heterocycles. The number of hydrogen-bond donors (Lipinski definition) is 0. The van der Waals surface area contributed by atoms with Crippen LogP contribution >= 0.6 is 0 Å². The van der Waals surface area contributed by atoms with E-state index in [1.807, 2.05) is 6.08 Å². The Morgan fingerprint density at radius 2 is 2.54 bits per heavy atom. The zero-order valence-corrected chi connectivity index (χ0v) is 8.00. The van der Waals surface area contributed by atoms with Gasteiger partial charge in [-0.15, -0.1) is 6.58 Å². The minimum atomic E-state index is -0.128. The summed E-state index contributed by atoms with van der Waals surface area (Å²) in [4.78, 5) is 2.32. The van der Waals surface area contributed by atoms with Gasteiger partial charge in [0.25, 0.3) is 0 Å². The van der Waals surface area contributed by atoms with E-state index in [1.165, 1.54) is 12.8 Å². The minimum Gasteiger partial charge on any atom is -0.282 e. The predicted octanol–water partition coefficient (Wildman–Crippen LogP) is 1.94. The van der Waals surface area contributed by atoms with Crippen molar-refractivity contribution >= 4 is 0 Å². The van der Waals surface area contributed by atoms with Crippen LogP contribution in [0, 0.1) is 17.2 Å². The highest BCUT2D eigenvalue weighted by Gasteiger charge is 2.47. The maximum Gasteiger partial charge on any atom is 0.109 e. The molecule has 1 saturated carbocycles. The van der Waals surface area contributed by atoms with Crippen LogP contribution in [-0.4, -0.2) is 23.5 Å². The van der Waals surface area contributed by atoms with E-state index in [0.29, 0.717) is 0 Å². The average Bonchev–Trinajstić information content (AvgIpc) is 2.40. The first kappa shape index (κ1) is 8.77. The molecule has 2 atom stereocenters. The molecule has 2 nitrogen and oxygen atoms in total. The van der Waals surface area contributed by atoms with E-state index < -0.39 is 0 Å². The fraction of sp³-hybridized carbons (Fsp3) is 0.727. The summed E-state index contributed by atoms with van der Waals surface area (Å²) in [5.41, 5.74) is -0.128. The van der Waals surface area contributed by atoms with E-state index in [-0.39, 0.29) is 5.54 Å². The molecule has 1 saturated heterocycles. The van der Waals surface area contributed by atoms with E-state index in [9.17, 15) is 5.26 Å². The molecule has 0 aromatic rings. The Hall–Kier alpha value is -0.810. The fourth-order valence-electron chi connectivity index (χ4n) is 2.87. The van der Waals surface area contributed by atoms with Gasteiger partial charge in [-0.2, -0.15) is 5.26 Å². The van der Waals surface area contributed by atoms with E-state index in [2.05, 4.69) is 17.5 Å². The average molecular weight is 176 g/mol. The highest BCUT2D eigenvalue weighted by Crippen LogP contribution is 2.43. The molecule has 0 spiro atoms. The minimum absolute atomic E-state index is 0.128. The first-order chi connectivity index (χ1) is 6.30. The zero-order chi connectivity index (χ0) is 9.31. The monoisotopic (exact) mass is 176 g/mol. The van der Waals surface area contributed by atoms with Gasteiger partial charge >= 0.3 is 0 Å². The third kappa shape index (κ3) is 1.28. The van der Waals surface area contributed by atoms with Crippen molar-refractivity contribution in [3.63, 3.8) is 0 Å². The van der Waals surface area contributed by atoms with Crippen molar-refractivity contribution in [1.82, 2.24) is 4.90 Å². The van der Waals surface area contributed by atoms with E-state index in [0.717, 1.165) is 31.8 Å². The van der Waals surface area contributed by atoms with Gasteiger partial charge in [-0.05, 0) is 25.2 Å². The smallest absolute Gasteiger partial charge is 0.109 e. The SMILES string of the molecule is C=CCN1CC2CCCC1(C#N)C2. The molecule has 1 aliphatic carbocycles. The van der Waals surface area contributed by atoms with Crippen molar-refractivity contribution in [2.75, 3.05) is 13.1 Å². The molecule has 2 bridgehead atoms. The summed E-state index contributed by atoms with van der Waals surface area (Å²) in [6, 6.07) is 2.52. The largest absolute Gasteiger partial charge is 0.282 e. The van der Waals surface area contributed by atoms with Gasteiger partial charge in [-0.1, -0.05) is 12.5 Å². The second kappa shape index (κ2) is 3.16. The topological polar surface area (TPSA) is 27.0 Å². The van der Waals surface area contributed by atoms with E-state index in [1.54, 1.807) is 0 Å². The van der Waals surface area contributed by atoms with Crippen LogP contribution in [0.25, 0.3) is 0 Å². The number of rotatable bonds is 2. The molecule has 13 heavy (non-hydrogen) atoms. The van der Waals surface area contributed by atoms with Crippen LogP contribution in [0.4, 0.5) is 0 Å². The molecule has 2 rings (SSSR count). The van der Waals surface area contributed by atoms with Gasteiger partial charge in [0.2, 0.25) is 0 Å². The lowest BCUT2D eigenvalue weighted by atomic mass is 9.81. The molecule has 2 unspecified atom stereocenters. The summed E-state index contributed by atoms with van der Waals surface area (Å²) in [7, 11) is 0. The Morgan fingerprint density at radius 1 is 1.69 bits per heavy atom. The van der Waals surface area contributed by atoms with Crippen molar-refractivity contribution < 1.29 is 0 Å². The maximum absolute atomic E-state index is 9.24. The predicted molar refractivity (Wildman–Crippen MR) is 52.1 cm³/mol. The van der Waals surface area contributed by atoms with E-state index in [4.69, 9.17) is 0 Å². The van der Waals surface area contributed by atoms with Gasteiger partial charge in [0.05, 0.1) is 6.07 Å². The molecule has 70 valence electrons. The summed E-state index contributed by atoms with van der Waals surface area (Å²) in [6.07, 6.45) is 6.62. The van der Waals surface area contributed by atoms with Gasteiger partial charge in [-0.25, -0.2) is 0 Å². The van der Waals surface area contributed by atoms with Crippen molar-refractivity contribution in [3.8, 4) is 6.07 Å². The van der Waals surface area contributed by atoms with Crippen LogP contribution in [0.15, 0.2) is 12.7 Å². The van der Waals surface area contributed by atoms with Gasteiger partial charge in [0, 0.05) is 13.1 Å². The third-order valence-corrected chi connectivity index (χ3v) is 3.47. The molecular formula is C11H16N2. The summed E-state index contributed by atoms with van der Waals surface area (Å²) < 4.78 is 0. The Kier molecular flexibility index (Phi) is 2.13. The molecule has 0 aromatic heterocycles. The maximum atomic E-state index is 9.24. The van der Waals surface area contributed by atoms with Crippen LogP contribution in [0.1, 0.15) is 25.7 Å². The quantitative estimate of drug-likeness (QED) is 0.601. The van der Waals surface area contributed by atoms with Crippen molar-refractivity contribution in [1.29, 1.82) is 5.26 Å². The standard InChI is InChI=1S/C11H16N2/c1-2-6-13-8-10-4-3-5-11(13,7-10)9-12/h2,10H,1,3-8H2. The summed E-state index contributed by atoms with van der Waals surface area (Å²) >= 11 is 0. The van der Waals surface area contributed by atoms with Crippen LogP contribution in [0.3, 0.4) is 0 Å². The highest BCUT2D eigenvalue weighted by atomic mass is 15.2. The molecule has 0 aromatic carbocycles. The highest BCUT2D eigenvalue weighted by molar-refractivity contribution is 5.16. The summed E-state index contributed by atoms with van der Waals surface area (Å²) in [5.74, 6) is 0.772. The first-order valence-corrected chi connectivity index (χ1v) is 5.08. The Balaban J connectivity index is 2.20. The lowest BCUT2D eigenvalue weighted by molar-refractivity contribution is 0.197. The molecule has 2 aliphatic rings. The first-order valence-electron chi connectivity index (χ1n) is 5.08. The molecule has 2 heteroatoms. The molecule has 0 amide bonds. The lowest BCUT2D eigenvalue weighted by Gasteiger charge is -2.32. The third-order valence-electron chi connectivity index (χ3n) is 3.47. The van der Waals surface area contributed by atoms with Crippen LogP contribution < -0.4 is 0 Å². The van der Waals surface area contributed by atoms with Gasteiger partial charge in [0.1, 0.15) is 5.54 Å². The van der Waals surface area contributed by atoms with Crippen LogP contribution in [0.2, 0.25) is 0 Å². The molecular weight excluding hydrogens is 160 g/mol. The zero-order valence-electron chi connectivity index (χ0n) is 8.00. The summed E-state index contributed by atoms with van der Waals surface area (Å²) in [6.45, 7) is 5.74. The van der Waals surface area contributed by atoms with E-state index >= 15 is 0 Å². The number of likely N-dealkylation sites (tertiary alicyclic amines) is 1. The number of fused-ring (bicyclic) bond motifs is 2. The normalized spacial score (nSPS) is 38.5. The van der Waals surface area contributed by atoms with Gasteiger partial charge in [0.15, 0.2) is 0 Å². The Morgan fingerprint density at radius 3 is 3.23 bits per heavy atom. The Bertz CT molecular complexity index is 253. The molecule has 0 N–H and O–H groups in total. The lowest BCUT2D eigenvalue weighted by Crippen LogP contribution is -2.42. The van der Waals surface area contributed by atoms with Crippen molar-refractivity contribution in [3.05, 3.63) is 12.7 Å². The van der Waals surface area contributed by atoms with Crippen LogP contribution in [0.5, 0.6) is 0 Å². The number of nitrogens with zero attached hydrogens (tertiary/aromatic N) is 2. The van der Waals surface area contributed by atoms with Crippen molar-refractivity contribution in [2.24, 2.45) is 5.92 Å². The van der Waals surface area contributed by atoms with Crippen molar-refractivity contribution in [2.45, 2.75) is 31.2 Å².